The number of nitrogens with zero attached hydrogens (tertiary/aromatic N) is 2. The summed E-state index contributed by atoms with van der Waals surface area (Å²) in [5.41, 5.74) is 0.901. The van der Waals surface area contributed by atoms with Crippen molar-refractivity contribution in [3.8, 4) is 11.5 Å². The molecule has 1 atom stereocenters. The number of thiocarbonyl (C=S) groups is 1. The maximum Gasteiger partial charge on any atom is 0.358 e. The average molecular weight is 545 g/mol. The molecule has 0 N–H and O–H groups in total. The van der Waals surface area contributed by atoms with E-state index in [1.54, 1.807) is 18.2 Å². The molecule has 1 heterocycles. The Kier molecular flexibility index (Phi) is 8.17. The average Bonchev–Trinajstić information content (AvgIpc) is 3.22. The fraction of sp³-hybridized carbons (Fsp3) is 0.370. The molecule has 190 valence electrons. The molecule has 36 heavy (non-hydrogen) atoms. The van der Waals surface area contributed by atoms with Gasteiger partial charge in [0.2, 0.25) is 0 Å². The van der Waals surface area contributed by atoms with Crippen molar-refractivity contribution in [2.24, 2.45) is 10.9 Å². The van der Waals surface area contributed by atoms with E-state index in [1.165, 1.54) is 18.6 Å². The number of para-hydroxylation sites is 1. The highest BCUT2D eigenvalue weighted by Crippen LogP contribution is 2.40. The lowest BCUT2D eigenvalue weighted by Crippen LogP contribution is -2.29. The number of amides is 1. The van der Waals surface area contributed by atoms with E-state index in [0.717, 1.165) is 24.8 Å². The highest BCUT2D eigenvalue weighted by molar-refractivity contribution is 7.79. The molecule has 9 heteroatoms. The van der Waals surface area contributed by atoms with Crippen LogP contribution in [-0.2, 0) is 10.3 Å². The number of carbonyl (C=O) groups is 1. The molecule has 1 unspecified atom stereocenters. The summed E-state index contributed by atoms with van der Waals surface area (Å²) in [5, 5.41) is 0.477. The van der Waals surface area contributed by atoms with E-state index in [0.29, 0.717) is 26.8 Å². The Morgan fingerprint density at radius 3 is 2.53 bits per heavy atom. The second-order valence-corrected chi connectivity index (χ2v) is 11.4. The molecule has 1 amide bonds. The highest BCUT2D eigenvalue weighted by Gasteiger charge is 2.34. The fourth-order valence-electron chi connectivity index (χ4n) is 3.83. The number of ether oxygens (including phenoxy) is 3. The lowest BCUT2D eigenvalue weighted by atomic mass is 9.79. The number of methoxy groups -OCH3 is 1. The van der Waals surface area contributed by atoms with E-state index in [9.17, 15) is 4.79 Å². The van der Waals surface area contributed by atoms with Crippen molar-refractivity contribution in [1.82, 2.24) is 3.96 Å². The number of halogens is 1. The molecule has 0 aliphatic heterocycles. The monoisotopic (exact) mass is 544 g/mol. The highest BCUT2D eigenvalue weighted by atomic mass is 35.5. The minimum Gasteiger partial charge on any atom is -0.496 e. The van der Waals surface area contributed by atoms with Gasteiger partial charge in [0.15, 0.2) is 0 Å². The van der Waals surface area contributed by atoms with Crippen LogP contribution in [0.4, 0.5) is 0 Å². The summed E-state index contributed by atoms with van der Waals surface area (Å²) in [6.45, 7) is 6.30. The number of hydrogen-bond acceptors (Lipinski definition) is 6. The maximum atomic E-state index is 13.3. The van der Waals surface area contributed by atoms with E-state index < -0.39 is 5.91 Å². The van der Waals surface area contributed by atoms with Gasteiger partial charge in [-0.2, -0.15) is 4.99 Å². The van der Waals surface area contributed by atoms with Gasteiger partial charge >= 0.3 is 5.24 Å². The Bertz CT molecular complexity index is 1310. The first kappa shape index (κ1) is 26.4. The van der Waals surface area contributed by atoms with E-state index in [2.05, 4.69) is 29.7 Å². The van der Waals surface area contributed by atoms with Crippen molar-refractivity contribution < 1.29 is 19.0 Å². The van der Waals surface area contributed by atoms with Crippen LogP contribution in [0, 0.1) is 5.92 Å². The summed E-state index contributed by atoms with van der Waals surface area (Å²) in [7, 11) is 1.51. The molecule has 3 aromatic rings. The second-order valence-electron chi connectivity index (χ2n) is 9.63. The topological polar surface area (TPSA) is 62.0 Å². The van der Waals surface area contributed by atoms with Crippen LogP contribution >= 0.6 is 35.4 Å². The van der Waals surface area contributed by atoms with Crippen molar-refractivity contribution in [3.05, 3.63) is 75.5 Å². The number of hydrogen-bond donors (Lipinski definition) is 0. The molecular weight excluding hydrogens is 516 g/mol. The van der Waals surface area contributed by atoms with Crippen molar-refractivity contribution in [3.63, 3.8) is 0 Å². The van der Waals surface area contributed by atoms with E-state index in [1.807, 2.05) is 36.5 Å². The second kappa shape index (κ2) is 11.2. The van der Waals surface area contributed by atoms with Crippen molar-refractivity contribution in [2.45, 2.75) is 51.7 Å². The van der Waals surface area contributed by atoms with Gasteiger partial charge in [-0.1, -0.05) is 36.2 Å². The van der Waals surface area contributed by atoms with Gasteiger partial charge < -0.3 is 14.2 Å². The first-order chi connectivity index (χ1) is 17.2. The molecule has 6 nitrogen and oxygen atoms in total. The van der Waals surface area contributed by atoms with Crippen molar-refractivity contribution in [1.29, 1.82) is 0 Å². The van der Waals surface area contributed by atoms with Crippen molar-refractivity contribution in [2.75, 3.05) is 7.11 Å². The van der Waals surface area contributed by atoms with E-state index >= 15 is 0 Å². The maximum absolute atomic E-state index is 13.3. The third-order valence-electron chi connectivity index (χ3n) is 6.00. The van der Waals surface area contributed by atoms with Crippen LogP contribution in [-0.4, -0.2) is 22.2 Å². The zero-order chi connectivity index (χ0) is 25.9. The summed E-state index contributed by atoms with van der Waals surface area (Å²) in [6, 6.07) is 14.2. The Labute approximate surface area is 225 Å². The van der Waals surface area contributed by atoms with Crippen LogP contribution in [0.2, 0.25) is 5.02 Å². The normalized spacial score (nSPS) is 15.2. The van der Waals surface area contributed by atoms with Gasteiger partial charge in [0, 0.05) is 40.5 Å². The molecule has 0 spiro atoms. The van der Waals surface area contributed by atoms with Crippen molar-refractivity contribution >= 4 is 46.5 Å². The van der Waals surface area contributed by atoms with E-state index in [4.69, 9.17) is 38.0 Å². The zero-order valence-electron chi connectivity index (χ0n) is 20.7. The van der Waals surface area contributed by atoms with Crippen LogP contribution in [0.5, 0.6) is 11.5 Å². The smallest absolute Gasteiger partial charge is 0.358 e. The molecule has 0 saturated heterocycles. The van der Waals surface area contributed by atoms with Gasteiger partial charge in [-0.05, 0) is 75.5 Å². The third-order valence-corrected chi connectivity index (χ3v) is 7.76. The number of carbonyl (C=O) groups excluding carboxylic acids is 1. The Hall–Kier alpha value is -2.68. The molecule has 0 bridgehead atoms. The molecular formula is C27H29ClN2O4S2. The molecule has 0 radical (unpaired) electrons. The van der Waals surface area contributed by atoms with Crippen LogP contribution in [0.3, 0.4) is 0 Å². The lowest BCUT2D eigenvalue weighted by molar-refractivity contribution is 0.0570. The number of rotatable bonds is 6. The molecule has 1 aliphatic carbocycles. The summed E-state index contributed by atoms with van der Waals surface area (Å²) in [5.74, 6) is 0.835. The van der Waals surface area contributed by atoms with Crippen LogP contribution in [0.25, 0.3) is 0 Å². The van der Waals surface area contributed by atoms with Gasteiger partial charge in [-0.25, -0.2) is 0 Å². The predicted octanol–water partition coefficient (Wildman–Crippen LogP) is 6.93. The van der Waals surface area contributed by atoms with Crippen LogP contribution in [0.1, 0.15) is 62.1 Å². The largest absolute Gasteiger partial charge is 0.496 e. The standard InChI is InChI=1S/C27H29ClN2O4S2/c1-27(2,3)30-16-21(25(36-30)29-24(31)20-15-18(28)13-14-22(20)32-4)23(17-9-8-10-17)34-26(35)33-19-11-6-5-7-12-19/h5-7,11-17,23H,8-10H2,1-4H3. The van der Waals surface area contributed by atoms with Gasteiger partial charge in [-0.3, -0.25) is 8.75 Å². The van der Waals surface area contributed by atoms with Gasteiger partial charge in [0.1, 0.15) is 22.3 Å². The predicted molar refractivity (Wildman–Crippen MR) is 146 cm³/mol. The molecule has 2 aromatic carbocycles. The Morgan fingerprint density at radius 1 is 1.19 bits per heavy atom. The quantitative estimate of drug-likeness (QED) is 0.315. The minimum atomic E-state index is -0.436. The summed E-state index contributed by atoms with van der Waals surface area (Å²) in [6.07, 6.45) is 4.74. The van der Waals surface area contributed by atoms with Gasteiger partial charge in [0.05, 0.1) is 12.7 Å². The Balaban J connectivity index is 1.74. The summed E-state index contributed by atoms with van der Waals surface area (Å²) in [4.78, 5) is 17.8. The lowest BCUT2D eigenvalue weighted by Gasteiger charge is -2.33. The number of benzene rings is 2. The van der Waals surface area contributed by atoms with Gasteiger partial charge in [-0.15, -0.1) is 0 Å². The first-order valence-corrected chi connectivity index (χ1v) is 13.3. The fourth-order valence-corrected chi connectivity index (χ4v) is 5.23. The number of aromatic nitrogens is 1. The molecule has 1 saturated carbocycles. The van der Waals surface area contributed by atoms with E-state index in [-0.39, 0.29) is 22.8 Å². The third kappa shape index (κ3) is 6.17. The van der Waals surface area contributed by atoms with Gasteiger partial charge in [0.25, 0.3) is 5.91 Å². The SMILES string of the molecule is COc1ccc(Cl)cc1C(=O)N=c1sn(C(C)(C)C)cc1C(OC(=S)Oc1ccccc1)C1CCC1. The van der Waals surface area contributed by atoms with Crippen LogP contribution < -0.4 is 14.1 Å². The molecule has 1 aromatic heterocycles. The minimum absolute atomic E-state index is 0.0420. The zero-order valence-corrected chi connectivity index (χ0v) is 23.1. The first-order valence-electron chi connectivity index (χ1n) is 11.7. The molecule has 1 aliphatic rings. The molecule has 1 fully saturated rings. The summed E-state index contributed by atoms with van der Waals surface area (Å²) >= 11 is 13.0. The summed E-state index contributed by atoms with van der Waals surface area (Å²) < 4.78 is 20.0. The van der Waals surface area contributed by atoms with Crippen LogP contribution in [0.15, 0.2) is 59.7 Å². The Morgan fingerprint density at radius 2 is 1.92 bits per heavy atom. The molecule has 4 rings (SSSR count).